The maximum Gasteiger partial charge on any atom is 0.307 e. The van der Waals surface area contributed by atoms with Crippen molar-refractivity contribution >= 4 is 21.9 Å². The zero-order valence-electron chi connectivity index (χ0n) is 12.6. The number of benzene rings is 1. The van der Waals surface area contributed by atoms with Crippen LogP contribution in [0.15, 0.2) is 22.7 Å². The summed E-state index contributed by atoms with van der Waals surface area (Å²) in [5.41, 5.74) is 2.33. The van der Waals surface area contributed by atoms with E-state index in [4.69, 9.17) is 9.47 Å². The first-order valence-corrected chi connectivity index (χ1v) is 8.14. The second-order valence-corrected chi connectivity index (χ2v) is 6.05. The number of nitrogens with zero attached hydrogens (tertiary/aromatic N) is 1. The molecule has 1 aliphatic heterocycles. The van der Waals surface area contributed by atoms with E-state index in [9.17, 15) is 4.79 Å². The third-order valence-electron chi connectivity index (χ3n) is 3.67. The molecule has 1 atom stereocenters. The van der Waals surface area contributed by atoms with Crippen LogP contribution in [0.25, 0.3) is 0 Å². The van der Waals surface area contributed by atoms with E-state index < -0.39 is 0 Å². The molecular weight excluding hydrogens is 334 g/mol. The largest absolute Gasteiger partial charge is 0.466 e. The Bertz CT molecular complexity index is 486. The highest BCUT2D eigenvalue weighted by Gasteiger charge is 2.27. The Morgan fingerprint density at radius 1 is 1.43 bits per heavy atom. The van der Waals surface area contributed by atoms with Crippen LogP contribution in [-0.2, 0) is 14.3 Å². The smallest absolute Gasteiger partial charge is 0.307 e. The normalized spacial score (nSPS) is 17.5. The molecule has 2 rings (SSSR count). The Morgan fingerprint density at radius 2 is 2.14 bits per heavy atom. The molecule has 0 saturated carbocycles. The van der Waals surface area contributed by atoms with Crippen LogP contribution in [-0.4, -0.2) is 43.8 Å². The fourth-order valence-electron chi connectivity index (χ4n) is 2.61. The van der Waals surface area contributed by atoms with Gasteiger partial charge in [0.2, 0.25) is 0 Å². The van der Waals surface area contributed by atoms with E-state index in [0.29, 0.717) is 26.2 Å². The van der Waals surface area contributed by atoms with E-state index in [0.717, 1.165) is 23.1 Å². The highest BCUT2D eigenvalue weighted by molar-refractivity contribution is 9.10. The molecule has 1 aromatic carbocycles. The van der Waals surface area contributed by atoms with Gasteiger partial charge in [0, 0.05) is 23.6 Å². The van der Waals surface area contributed by atoms with Crippen LogP contribution in [0.3, 0.4) is 0 Å². The zero-order valence-corrected chi connectivity index (χ0v) is 14.2. The molecule has 0 aromatic heterocycles. The van der Waals surface area contributed by atoms with Crippen LogP contribution in [0.1, 0.15) is 30.5 Å². The van der Waals surface area contributed by atoms with Gasteiger partial charge in [0.25, 0.3) is 0 Å². The van der Waals surface area contributed by atoms with Crippen molar-refractivity contribution in [2.45, 2.75) is 26.3 Å². The minimum Gasteiger partial charge on any atom is -0.466 e. The molecule has 0 radical (unpaired) electrons. The predicted octanol–water partition coefficient (Wildman–Crippen LogP) is 3.08. The molecule has 1 saturated heterocycles. The minimum absolute atomic E-state index is 0.0305. The SMILES string of the molecule is CCOC(=O)CC(c1ccc(C)cc1Br)N1CCOCC1. The summed E-state index contributed by atoms with van der Waals surface area (Å²) >= 11 is 3.63. The maximum absolute atomic E-state index is 12.0. The van der Waals surface area contributed by atoms with Gasteiger partial charge in [-0.2, -0.15) is 0 Å². The fraction of sp³-hybridized carbons (Fsp3) is 0.562. The van der Waals surface area contributed by atoms with Crippen LogP contribution in [0.4, 0.5) is 0 Å². The number of carbonyl (C=O) groups excluding carboxylic acids is 1. The number of esters is 1. The van der Waals surface area contributed by atoms with E-state index >= 15 is 0 Å². The molecule has 0 amide bonds. The highest BCUT2D eigenvalue weighted by atomic mass is 79.9. The molecule has 1 aliphatic rings. The molecule has 21 heavy (non-hydrogen) atoms. The minimum atomic E-state index is -0.151. The summed E-state index contributed by atoms with van der Waals surface area (Å²) in [6, 6.07) is 6.30. The van der Waals surface area contributed by atoms with E-state index in [1.54, 1.807) is 0 Å². The molecule has 1 aromatic rings. The van der Waals surface area contributed by atoms with Crippen LogP contribution >= 0.6 is 15.9 Å². The Morgan fingerprint density at radius 3 is 2.76 bits per heavy atom. The first-order chi connectivity index (χ1) is 10.1. The second kappa shape index (κ2) is 7.92. The van der Waals surface area contributed by atoms with E-state index in [1.807, 2.05) is 6.92 Å². The van der Waals surface area contributed by atoms with Crippen molar-refractivity contribution in [3.8, 4) is 0 Å². The van der Waals surface area contributed by atoms with Gasteiger partial charge in [-0.3, -0.25) is 9.69 Å². The summed E-state index contributed by atoms with van der Waals surface area (Å²) in [4.78, 5) is 14.3. The molecule has 0 bridgehead atoms. The van der Waals surface area contributed by atoms with Crippen LogP contribution < -0.4 is 0 Å². The molecule has 0 N–H and O–H groups in total. The van der Waals surface area contributed by atoms with Gasteiger partial charge in [-0.15, -0.1) is 0 Å². The number of hydrogen-bond acceptors (Lipinski definition) is 4. The lowest BCUT2D eigenvalue weighted by Gasteiger charge is -2.34. The average Bonchev–Trinajstić information content (AvgIpc) is 2.47. The Labute approximate surface area is 134 Å². The number of halogens is 1. The monoisotopic (exact) mass is 355 g/mol. The Kier molecular flexibility index (Phi) is 6.21. The Hall–Kier alpha value is -0.910. The van der Waals surface area contributed by atoms with Gasteiger partial charge in [0.15, 0.2) is 0 Å². The van der Waals surface area contributed by atoms with E-state index in [1.165, 1.54) is 5.56 Å². The van der Waals surface area contributed by atoms with Gasteiger partial charge in [0.1, 0.15) is 0 Å². The van der Waals surface area contributed by atoms with Gasteiger partial charge in [-0.25, -0.2) is 0 Å². The van der Waals surface area contributed by atoms with Crippen molar-refractivity contribution in [1.29, 1.82) is 0 Å². The maximum atomic E-state index is 12.0. The molecule has 1 heterocycles. The van der Waals surface area contributed by atoms with Crippen molar-refractivity contribution in [1.82, 2.24) is 4.90 Å². The number of ether oxygens (including phenoxy) is 2. The molecule has 1 unspecified atom stereocenters. The number of hydrogen-bond donors (Lipinski definition) is 0. The number of carbonyl (C=O) groups is 1. The zero-order chi connectivity index (χ0) is 15.2. The summed E-state index contributed by atoms with van der Waals surface area (Å²) < 4.78 is 11.6. The standard InChI is InChI=1S/C16H22BrNO3/c1-3-21-16(19)11-15(18-6-8-20-9-7-18)13-5-4-12(2)10-14(13)17/h4-5,10,15H,3,6-9,11H2,1-2H3. The summed E-state index contributed by atoms with van der Waals surface area (Å²) in [5, 5.41) is 0. The summed E-state index contributed by atoms with van der Waals surface area (Å²) in [5.74, 6) is -0.151. The lowest BCUT2D eigenvalue weighted by atomic mass is 10.00. The number of aryl methyl sites for hydroxylation is 1. The molecule has 5 heteroatoms. The van der Waals surface area contributed by atoms with Gasteiger partial charge < -0.3 is 9.47 Å². The van der Waals surface area contributed by atoms with Crippen LogP contribution in [0.5, 0.6) is 0 Å². The first-order valence-electron chi connectivity index (χ1n) is 7.35. The Balaban J connectivity index is 2.23. The number of morpholine rings is 1. The highest BCUT2D eigenvalue weighted by Crippen LogP contribution is 2.32. The number of rotatable bonds is 5. The van der Waals surface area contributed by atoms with Gasteiger partial charge in [-0.1, -0.05) is 28.1 Å². The van der Waals surface area contributed by atoms with E-state index in [-0.39, 0.29) is 12.0 Å². The van der Waals surface area contributed by atoms with Crippen LogP contribution in [0.2, 0.25) is 0 Å². The van der Waals surface area contributed by atoms with Crippen molar-refractivity contribution in [3.63, 3.8) is 0 Å². The summed E-state index contributed by atoms with van der Waals surface area (Å²) in [6.45, 7) is 7.41. The average molecular weight is 356 g/mol. The van der Waals surface area contributed by atoms with Crippen molar-refractivity contribution in [2.24, 2.45) is 0 Å². The van der Waals surface area contributed by atoms with Gasteiger partial charge >= 0.3 is 5.97 Å². The van der Waals surface area contributed by atoms with Crippen LogP contribution in [0, 0.1) is 6.92 Å². The van der Waals surface area contributed by atoms with Crippen molar-refractivity contribution < 1.29 is 14.3 Å². The van der Waals surface area contributed by atoms with Gasteiger partial charge in [0.05, 0.1) is 26.2 Å². The molecule has 1 fully saturated rings. The topological polar surface area (TPSA) is 38.8 Å². The molecule has 0 aliphatic carbocycles. The van der Waals surface area contributed by atoms with Gasteiger partial charge in [-0.05, 0) is 31.0 Å². The lowest BCUT2D eigenvalue weighted by Crippen LogP contribution is -2.40. The third-order valence-corrected chi connectivity index (χ3v) is 4.35. The van der Waals surface area contributed by atoms with Crippen molar-refractivity contribution in [2.75, 3.05) is 32.9 Å². The first kappa shape index (κ1) is 16.5. The van der Waals surface area contributed by atoms with Crippen molar-refractivity contribution in [3.05, 3.63) is 33.8 Å². The molecule has 0 spiro atoms. The predicted molar refractivity (Wildman–Crippen MR) is 85.3 cm³/mol. The lowest BCUT2D eigenvalue weighted by molar-refractivity contribution is -0.145. The molecule has 4 nitrogen and oxygen atoms in total. The second-order valence-electron chi connectivity index (χ2n) is 5.20. The summed E-state index contributed by atoms with van der Waals surface area (Å²) in [6.07, 6.45) is 0.371. The fourth-order valence-corrected chi connectivity index (χ4v) is 3.36. The van der Waals surface area contributed by atoms with E-state index in [2.05, 4.69) is 46.0 Å². The quantitative estimate of drug-likeness (QED) is 0.760. The summed E-state index contributed by atoms with van der Waals surface area (Å²) in [7, 11) is 0. The molecule has 116 valence electrons. The third kappa shape index (κ3) is 4.53. The molecular formula is C16H22BrNO3.